The van der Waals surface area contributed by atoms with Crippen molar-refractivity contribution in [3.05, 3.63) is 437 Å². The molecule has 13 heteroatoms. The average molecular weight is 1700 g/mol. The van der Waals surface area contributed by atoms with Gasteiger partial charge in [-0.25, -0.2) is 34.9 Å². The van der Waals surface area contributed by atoms with Crippen molar-refractivity contribution < 1.29 is 4.42 Å². The fraction of sp³-hybridized carbons (Fsp3) is 0. The first-order valence-electron chi connectivity index (χ1n) is 43.5. The third-order valence-electron chi connectivity index (χ3n) is 24.9. The predicted octanol–water partition coefficient (Wildman–Crippen LogP) is 31.2. The summed E-state index contributed by atoms with van der Waals surface area (Å²) in [5.74, 6) is 3.23. The van der Waals surface area contributed by atoms with Crippen LogP contribution in [-0.2, 0) is 0 Å². The van der Waals surface area contributed by atoms with Gasteiger partial charge >= 0.3 is 0 Å². The summed E-state index contributed by atoms with van der Waals surface area (Å²) in [4.78, 5) is 35.7. The highest BCUT2D eigenvalue weighted by Crippen LogP contribution is 2.49. The van der Waals surface area contributed by atoms with E-state index in [0.717, 1.165) is 128 Å². The van der Waals surface area contributed by atoms with Gasteiger partial charge in [0.2, 0.25) is 11.9 Å². The smallest absolute Gasteiger partial charge is 0.235 e. The van der Waals surface area contributed by atoms with Crippen LogP contribution in [0.25, 0.3) is 246 Å². The molecule has 0 radical (unpaired) electrons. The molecule has 0 N–H and O–H groups in total. The lowest BCUT2D eigenvalue weighted by Crippen LogP contribution is -2.04. The molecular formula is C117H72N10OS2. The molecule has 18 aromatic carbocycles. The number of fused-ring (bicyclic) bond motifs is 24. The molecule has 11 nitrogen and oxygen atoms in total. The van der Waals surface area contributed by atoms with Crippen LogP contribution in [-0.4, -0.2) is 48.6 Å². The second-order valence-corrected chi connectivity index (χ2v) is 34.6. The third kappa shape index (κ3) is 13.0. The van der Waals surface area contributed by atoms with Crippen LogP contribution >= 0.6 is 22.7 Å². The predicted molar refractivity (Wildman–Crippen MR) is 541 cm³/mol. The van der Waals surface area contributed by atoms with Crippen molar-refractivity contribution >= 4 is 161 Å². The summed E-state index contributed by atoms with van der Waals surface area (Å²) in [5, 5.41) is 17.1. The summed E-state index contributed by atoms with van der Waals surface area (Å²) in [6.45, 7) is 0. The van der Waals surface area contributed by atoms with Crippen molar-refractivity contribution in [2.24, 2.45) is 0 Å². The van der Waals surface area contributed by atoms with Crippen molar-refractivity contribution in [3.8, 4) is 108 Å². The molecule has 0 saturated heterocycles. The van der Waals surface area contributed by atoms with E-state index in [-0.39, 0.29) is 0 Å². The lowest BCUT2D eigenvalue weighted by molar-refractivity contribution is 0.671. The maximum atomic E-state index is 6.76. The van der Waals surface area contributed by atoms with Crippen molar-refractivity contribution in [3.63, 3.8) is 0 Å². The Kier molecular flexibility index (Phi) is 18.4. The second kappa shape index (κ2) is 31.6. The van der Waals surface area contributed by atoms with Crippen molar-refractivity contribution in [1.82, 2.24) is 48.6 Å². The molecule has 9 heterocycles. The molecular weight excluding hydrogens is 1630 g/mol. The van der Waals surface area contributed by atoms with Crippen LogP contribution in [0.3, 0.4) is 0 Å². The zero-order valence-electron chi connectivity index (χ0n) is 69.8. The van der Waals surface area contributed by atoms with Crippen molar-refractivity contribution in [2.45, 2.75) is 0 Å². The number of para-hydroxylation sites is 4. The number of rotatable bonds is 11. The molecule has 0 bridgehead atoms. The molecule has 0 aliphatic rings. The molecule has 0 amide bonds. The lowest BCUT2D eigenvalue weighted by Gasteiger charge is -2.12. The maximum absolute atomic E-state index is 6.76. The highest BCUT2D eigenvalue weighted by Gasteiger charge is 2.27. The van der Waals surface area contributed by atoms with Gasteiger partial charge in [-0.2, -0.15) is 0 Å². The summed E-state index contributed by atoms with van der Waals surface area (Å²) in [7, 11) is 0. The van der Waals surface area contributed by atoms with Crippen LogP contribution < -0.4 is 0 Å². The summed E-state index contributed by atoms with van der Waals surface area (Å²) in [6.07, 6.45) is 0. The van der Waals surface area contributed by atoms with E-state index in [9.17, 15) is 0 Å². The van der Waals surface area contributed by atoms with Crippen LogP contribution in [0.5, 0.6) is 0 Å². The van der Waals surface area contributed by atoms with Crippen molar-refractivity contribution in [1.29, 1.82) is 0 Å². The highest BCUT2D eigenvalue weighted by atomic mass is 32.1. The van der Waals surface area contributed by atoms with Crippen LogP contribution in [0.1, 0.15) is 0 Å². The summed E-state index contributed by atoms with van der Waals surface area (Å²) in [5.41, 5.74) is 22.3. The van der Waals surface area contributed by atoms with E-state index < -0.39 is 0 Å². The van der Waals surface area contributed by atoms with Gasteiger partial charge in [-0.15, -0.1) is 22.7 Å². The fourth-order valence-corrected chi connectivity index (χ4v) is 21.5. The van der Waals surface area contributed by atoms with Gasteiger partial charge in [-0.3, -0.25) is 9.13 Å². The molecule has 27 aromatic rings. The molecule has 0 fully saturated rings. The Hall–Kier alpha value is -17.0. The Morgan fingerprint density at radius 1 is 0.200 bits per heavy atom. The van der Waals surface area contributed by atoms with E-state index in [1.54, 1.807) is 0 Å². The quantitative estimate of drug-likeness (QED) is 0.126. The van der Waals surface area contributed by atoms with E-state index in [0.29, 0.717) is 29.4 Å². The molecule has 27 rings (SSSR count). The summed E-state index contributed by atoms with van der Waals surface area (Å²) in [6, 6.07) is 152. The van der Waals surface area contributed by atoms with Crippen LogP contribution in [0.2, 0.25) is 0 Å². The molecule has 0 aliphatic carbocycles. The Bertz CT molecular complexity index is 9010. The minimum Gasteiger partial charge on any atom is -0.454 e. The zero-order valence-corrected chi connectivity index (χ0v) is 71.4. The standard InChI is InChI=1S/C43H26N4O.C40H25N3S.C34H21N3S/c1-3-14-27(15-4-1)41-44-42(28-16-5-2-6-17-28)46-43(45-41)29-18-13-19-30(26-29)47-35-24-11-9-22-33(35)37-31-20-7-8-21-32(31)38-34-23-10-12-25-36(34)48-40(38)39(37)47;1-3-12-26(13-4-1)28-16-11-17-29(24-28)34-25-33(27-14-5-2-6-15-27)41-40(42-34)43-35-20-9-7-19-32(35)38-36(43)23-22-31-30-18-8-10-21-37(30)44-39(31)38;1-3-11-22(12-4-1)27-21-28(23-13-5-2-6-14-23)36-34(35-27)37-29-17-9-7-16-26(29)32-30(37)20-19-25-24-15-8-10-18-31(24)38-33(25)32/h1-26H;1-25H;1-21H. The Morgan fingerprint density at radius 3 is 1.03 bits per heavy atom. The average Bonchev–Trinajstić information content (AvgIpc) is 1.52. The number of thiophene rings is 2. The number of hydrogen-bond acceptors (Lipinski definition) is 10. The molecule has 0 saturated carbocycles. The minimum absolute atomic E-state index is 0.615. The van der Waals surface area contributed by atoms with E-state index in [4.69, 9.17) is 39.3 Å². The van der Waals surface area contributed by atoms with E-state index in [1.807, 2.05) is 108 Å². The normalized spacial score (nSPS) is 11.7. The third-order valence-corrected chi connectivity index (χ3v) is 27.3. The lowest BCUT2D eigenvalue weighted by atomic mass is 9.99. The fourth-order valence-electron chi connectivity index (χ4n) is 19.0. The summed E-state index contributed by atoms with van der Waals surface area (Å²) < 4.78 is 18.8. The van der Waals surface area contributed by atoms with Gasteiger partial charge in [0.1, 0.15) is 5.58 Å². The SMILES string of the molecule is c1ccc(-c2cc(-c3ccccc3)nc(-n3c4ccccc4c4c5sc6ccccc6c5ccc43)n2)cc1.c1ccc(-c2cccc(-c3cc(-c4ccccc4)nc(-n4c5ccccc5c5c6sc7ccccc7c6ccc54)n3)c2)cc1.c1ccc(-c2nc(-c3ccccc3)nc(-c3cccc(-n4c5ccccc5c5c6ccccc6c6c7ccccc7oc6c54)c3)n2)cc1. The topological polar surface area (TPSA) is 118 Å². The first-order chi connectivity index (χ1) is 64.5. The van der Waals surface area contributed by atoms with Crippen LogP contribution in [0, 0.1) is 0 Å². The van der Waals surface area contributed by atoms with E-state index in [2.05, 4.69) is 366 Å². The van der Waals surface area contributed by atoms with Gasteiger partial charge in [-0.05, 0) is 101 Å². The molecule has 0 aliphatic heterocycles. The molecule has 0 atom stereocenters. The van der Waals surface area contributed by atoms with Gasteiger partial charge in [0, 0.05) is 128 Å². The van der Waals surface area contributed by atoms with Crippen LogP contribution in [0.15, 0.2) is 441 Å². The van der Waals surface area contributed by atoms with Crippen LogP contribution in [0.4, 0.5) is 0 Å². The van der Waals surface area contributed by atoms with E-state index in [1.165, 1.54) is 89.0 Å². The monoisotopic (exact) mass is 1700 g/mol. The number of furan rings is 1. The number of aromatic nitrogens is 10. The van der Waals surface area contributed by atoms with Gasteiger partial charge in [0.25, 0.3) is 0 Å². The van der Waals surface area contributed by atoms with Crippen molar-refractivity contribution in [2.75, 3.05) is 0 Å². The Labute approximate surface area is 753 Å². The zero-order chi connectivity index (χ0) is 85.7. The van der Waals surface area contributed by atoms with Gasteiger partial charge in [0.15, 0.2) is 23.1 Å². The first-order valence-corrected chi connectivity index (χ1v) is 45.1. The first kappa shape index (κ1) is 75.5. The van der Waals surface area contributed by atoms with Gasteiger partial charge in [-0.1, -0.05) is 358 Å². The summed E-state index contributed by atoms with van der Waals surface area (Å²) >= 11 is 3.72. The van der Waals surface area contributed by atoms with Gasteiger partial charge in [0.05, 0.1) is 55.9 Å². The Balaban J connectivity index is 0.000000106. The Morgan fingerprint density at radius 2 is 0.546 bits per heavy atom. The number of benzene rings is 18. The molecule has 608 valence electrons. The molecule has 9 aromatic heterocycles. The largest absolute Gasteiger partial charge is 0.454 e. The molecule has 0 unspecified atom stereocenters. The number of nitrogens with zero attached hydrogens (tertiary/aromatic N) is 10. The number of hydrogen-bond donors (Lipinski definition) is 0. The van der Waals surface area contributed by atoms with E-state index >= 15 is 0 Å². The second-order valence-electron chi connectivity index (χ2n) is 32.5. The molecule has 130 heavy (non-hydrogen) atoms. The molecule has 0 spiro atoms. The van der Waals surface area contributed by atoms with Gasteiger partial charge < -0.3 is 8.98 Å². The minimum atomic E-state index is 0.615. The maximum Gasteiger partial charge on any atom is 0.235 e. The highest BCUT2D eigenvalue weighted by molar-refractivity contribution is 7.27.